The Balaban J connectivity index is 1.22. The van der Waals surface area contributed by atoms with Crippen molar-refractivity contribution in [3.63, 3.8) is 0 Å². The van der Waals surface area contributed by atoms with E-state index in [-0.39, 0.29) is 0 Å². The maximum Gasteiger partial charge on any atom is 0.245 e. The van der Waals surface area contributed by atoms with Crippen LogP contribution in [-0.2, 0) is 21.2 Å². The fourth-order valence-electron chi connectivity index (χ4n) is 3.92. The average Bonchev–Trinajstić information content (AvgIpc) is 3.72. The molecule has 1 saturated carbocycles. The van der Waals surface area contributed by atoms with Crippen molar-refractivity contribution in [1.82, 2.24) is 15.0 Å². The highest BCUT2D eigenvalue weighted by Crippen LogP contribution is 2.44. The van der Waals surface area contributed by atoms with Crippen LogP contribution in [0.4, 0.5) is 28.7 Å². The Hall–Kier alpha value is -4.22. The van der Waals surface area contributed by atoms with Gasteiger partial charge in [0.2, 0.25) is 5.91 Å². The molecule has 4 aromatic rings. The fourth-order valence-corrected chi connectivity index (χ4v) is 5.39. The SMILES string of the molecule is CS(=O)(=O)C1(C(=O)Nc2cccc(Nc3cc(Nc4ccc(OCc5ccccn5)c(Cl)c4)ncn3)c2)CC1. The van der Waals surface area contributed by atoms with Crippen LogP contribution in [0.2, 0.25) is 5.02 Å². The van der Waals surface area contributed by atoms with Crippen molar-refractivity contribution < 1.29 is 17.9 Å². The predicted molar refractivity (Wildman–Crippen MR) is 150 cm³/mol. The third-order valence-corrected chi connectivity index (χ3v) is 8.50. The topological polar surface area (TPSA) is 135 Å². The predicted octanol–water partition coefficient (Wildman–Crippen LogP) is 5.11. The smallest absolute Gasteiger partial charge is 0.245 e. The molecule has 0 unspecified atom stereocenters. The molecule has 0 spiro atoms. The van der Waals surface area contributed by atoms with Crippen molar-refractivity contribution in [3.05, 3.63) is 90.0 Å². The molecule has 2 aromatic carbocycles. The Labute approximate surface area is 230 Å². The van der Waals surface area contributed by atoms with E-state index in [0.717, 1.165) is 11.9 Å². The zero-order chi connectivity index (χ0) is 27.5. The molecule has 3 N–H and O–H groups in total. The highest BCUT2D eigenvalue weighted by atomic mass is 35.5. The van der Waals surface area contributed by atoms with Crippen molar-refractivity contribution in [2.24, 2.45) is 0 Å². The van der Waals surface area contributed by atoms with Crippen molar-refractivity contribution >= 4 is 56.0 Å². The van der Waals surface area contributed by atoms with Gasteiger partial charge in [-0.1, -0.05) is 23.7 Å². The number of halogens is 1. The molecule has 1 aliphatic rings. The molecule has 0 radical (unpaired) electrons. The normalized spacial score (nSPS) is 13.8. The van der Waals surface area contributed by atoms with E-state index in [0.29, 0.717) is 58.9 Å². The summed E-state index contributed by atoms with van der Waals surface area (Å²) in [6.07, 6.45) is 4.87. The van der Waals surface area contributed by atoms with Gasteiger partial charge in [-0.25, -0.2) is 18.4 Å². The third kappa shape index (κ3) is 6.27. The number of rotatable bonds is 10. The van der Waals surface area contributed by atoms with Gasteiger partial charge < -0.3 is 20.7 Å². The standard InChI is InChI=1S/C27H25ClN6O4S/c1-39(36,37)27(10-11-27)26(35)34-19-7-4-6-18(13-19)32-24-15-25(31-17-30-24)33-20-8-9-23(22(28)14-20)38-16-21-5-2-3-12-29-21/h2-9,12-15,17H,10-11,16H2,1H3,(H,34,35)(H2,30,31,32,33). The van der Waals surface area contributed by atoms with E-state index >= 15 is 0 Å². The van der Waals surface area contributed by atoms with Gasteiger partial charge >= 0.3 is 0 Å². The van der Waals surface area contributed by atoms with Gasteiger partial charge in [0, 0.05) is 35.6 Å². The van der Waals surface area contributed by atoms with E-state index in [1.54, 1.807) is 48.7 Å². The van der Waals surface area contributed by atoms with E-state index in [1.165, 1.54) is 6.33 Å². The number of benzene rings is 2. The minimum absolute atomic E-state index is 0.303. The van der Waals surface area contributed by atoms with Crippen LogP contribution in [0.5, 0.6) is 5.75 Å². The van der Waals surface area contributed by atoms with Crippen LogP contribution >= 0.6 is 11.6 Å². The summed E-state index contributed by atoms with van der Waals surface area (Å²) in [5.74, 6) is 1.06. The van der Waals surface area contributed by atoms with Crippen molar-refractivity contribution in [2.75, 3.05) is 22.2 Å². The molecule has 1 aliphatic carbocycles. The van der Waals surface area contributed by atoms with E-state index in [1.807, 2.05) is 24.3 Å². The molecule has 2 heterocycles. The average molecular weight is 565 g/mol. The molecule has 0 aliphatic heterocycles. The van der Waals surface area contributed by atoms with Gasteiger partial charge in [0.1, 0.15) is 30.3 Å². The van der Waals surface area contributed by atoms with Crippen molar-refractivity contribution in [2.45, 2.75) is 24.2 Å². The van der Waals surface area contributed by atoms with Gasteiger partial charge in [-0.3, -0.25) is 9.78 Å². The summed E-state index contributed by atoms with van der Waals surface area (Å²) in [7, 11) is -3.49. The summed E-state index contributed by atoms with van der Waals surface area (Å²) in [5, 5.41) is 9.51. The second-order valence-corrected chi connectivity index (χ2v) is 11.8. The van der Waals surface area contributed by atoms with E-state index < -0.39 is 20.5 Å². The summed E-state index contributed by atoms with van der Waals surface area (Å²) < 4.78 is 28.5. The van der Waals surface area contributed by atoms with Gasteiger partial charge in [0.25, 0.3) is 0 Å². The van der Waals surface area contributed by atoms with Crippen LogP contribution in [0.3, 0.4) is 0 Å². The lowest BCUT2D eigenvalue weighted by atomic mass is 10.2. The first-order valence-electron chi connectivity index (χ1n) is 12.0. The first kappa shape index (κ1) is 26.4. The molecule has 0 atom stereocenters. The number of carbonyl (C=O) groups is 1. The molecule has 39 heavy (non-hydrogen) atoms. The lowest BCUT2D eigenvalue weighted by Gasteiger charge is -2.14. The second-order valence-electron chi connectivity index (χ2n) is 9.09. The van der Waals surface area contributed by atoms with Crippen molar-refractivity contribution in [3.8, 4) is 5.75 Å². The van der Waals surface area contributed by atoms with Crippen LogP contribution in [0.15, 0.2) is 79.3 Å². The largest absolute Gasteiger partial charge is 0.486 e. The number of nitrogens with zero attached hydrogens (tertiary/aromatic N) is 3. The van der Waals surface area contributed by atoms with Crippen LogP contribution in [0, 0.1) is 0 Å². The van der Waals surface area contributed by atoms with Gasteiger partial charge in [-0.05, 0) is 61.4 Å². The fraction of sp³-hybridized carbons (Fsp3) is 0.185. The van der Waals surface area contributed by atoms with Crippen LogP contribution in [0.25, 0.3) is 0 Å². The number of sulfone groups is 1. The lowest BCUT2D eigenvalue weighted by Crippen LogP contribution is -2.36. The lowest BCUT2D eigenvalue weighted by molar-refractivity contribution is -0.116. The highest BCUT2D eigenvalue weighted by Gasteiger charge is 2.58. The van der Waals surface area contributed by atoms with Crippen LogP contribution in [0.1, 0.15) is 18.5 Å². The zero-order valence-electron chi connectivity index (χ0n) is 20.9. The highest BCUT2D eigenvalue weighted by molar-refractivity contribution is 7.93. The minimum Gasteiger partial charge on any atom is -0.486 e. The Bertz CT molecular complexity index is 1610. The maximum atomic E-state index is 12.6. The van der Waals surface area contributed by atoms with Gasteiger partial charge in [-0.15, -0.1) is 0 Å². The van der Waals surface area contributed by atoms with Crippen LogP contribution < -0.4 is 20.7 Å². The minimum atomic E-state index is -3.49. The molecule has 1 amide bonds. The molecular weight excluding hydrogens is 540 g/mol. The first-order valence-corrected chi connectivity index (χ1v) is 14.3. The zero-order valence-corrected chi connectivity index (χ0v) is 22.5. The first-order chi connectivity index (χ1) is 18.7. The molecule has 2 aromatic heterocycles. The molecule has 10 nitrogen and oxygen atoms in total. The Morgan fingerprint density at radius 2 is 1.64 bits per heavy atom. The Morgan fingerprint density at radius 3 is 2.28 bits per heavy atom. The molecule has 0 bridgehead atoms. The number of aromatic nitrogens is 3. The number of hydrogen-bond acceptors (Lipinski definition) is 9. The van der Waals surface area contributed by atoms with Crippen LogP contribution in [-0.4, -0.2) is 40.3 Å². The monoisotopic (exact) mass is 564 g/mol. The number of nitrogens with one attached hydrogen (secondary N) is 3. The number of anilines is 5. The number of ether oxygens (including phenoxy) is 1. The van der Waals surface area contributed by atoms with Gasteiger partial charge in [0.05, 0.1) is 10.7 Å². The molecule has 12 heteroatoms. The summed E-state index contributed by atoms with van der Waals surface area (Å²) in [6.45, 7) is 0.303. The number of amides is 1. The summed E-state index contributed by atoms with van der Waals surface area (Å²) in [6, 6.07) is 19.6. The molecule has 200 valence electrons. The molecular formula is C27H25ClN6O4S. The number of carbonyl (C=O) groups excluding carboxylic acids is 1. The summed E-state index contributed by atoms with van der Waals surface area (Å²) >= 11 is 6.41. The number of pyridine rings is 1. The molecule has 0 saturated heterocycles. The van der Waals surface area contributed by atoms with Gasteiger partial charge in [-0.2, -0.15) is 0 Å². The van der Waals surface area contributed by atoms with Crippen molar-refractivity contribution in [1.29, 1.82) is 0 Å². The molecule has 1 fully saturated rings. The molecule has 5 rings (SSSR count). The summed E-state index contributed by atoms with van der Waals surface area (Å²) in [5.41, 5.74) is 2.64. The number of hydrogen-bond donors (Lipinski definition) is 3. The maximum absolute atomic E-state index is 12.6. The quantitative estimate of drug-likeness (QED) is 0.240. The van der Waals surface area contributed by atoms with Gasteiger partial charge in [0.15, 0.2) is 14.6 Å². The van der Waals surface area contributed by atoms with E-state index in [4.69, 9.17) is 16.3 Å². The summed E-state index contributed by atoms with van der Waals surface area (Å²) in [4.78, 5) is 25.4. The third-order valence-electron chi connectivity index (χ3n) is 6.19. The van der Waals surface area contributed by atoms with E-state index in [2.05, 4.69) is 30.9 Å². The second kappa shape index (κ2) is 10.9. The van der Waals surface area contributed by atoms with E-state index in [9.17, 15) is 13.2 Å². The Kier molecular flexibility index (Phi) is 7.36. The Morgan fingerprint density at radius 1 is 0.923 bits per heavy atom.